The highest BCUT2D eigenvalue weighted by Gasteiger charge is 2.33. The van der Waals surface area contributed by atoms with Crippen LogP contribution < -0.4 is 10.0 Å². The van der Waals surface area contributed by atoms with Crippen molar-refractivity contribution < 1.29 is 8.42 Å². The van der Waals surface area contributed by atoms with E-state index in [2.05, 4.69) is 33.8 Å². The highest BCUT2D eigenvalue weighted by molar-refractivity contribution is 7.88. The van der Waals surface area contributed by atoms with Crippen LogP contribution in [0.25, 0.3) is 0 Å². The monoisotopic (exact) mass is 290 g/mol. The van der Waals surface area contributed by atoms with Crippen molar-refractivity contribution in [2.75, 3.05) is 39.5 Å². The lowest BCUT2D eigenvalue weighted by molar-refractivity contribution is 0.322. The Kier molecular flexibility index (Phi) is 5.61. The Morgan fingerprint density at radius 1 is 1.42 bits per heavy atom. The summed E-state index contributed by atoms with van der Waals surface area (Å²) in [6, 6.07) is 0. The molecule has 1 unspecified atom stereocenters. The third-order valence-electron chi connectivity index (χ3n) is 3.70. The van der Waals surface area contributed by atoms with Crippen molar-refractivity contribution in [3.05, 3.63) is 0 Å². The summed E-state index contributed by atoms with van der Waals surface area (Å²) in [5, 5.41) is 3.19. The Balaban J connectivity index is 2.40. The molecule has 1 heterocycles. The van der Waals surface area contributed by atoms with E-state index in [4.69, 9.17) is 0 Å². The summed E-state index contributed by atoms with van der Waals surface area (Å²) in [7, 11) is -1.36. The van der Waals surface area contributed by atoms with Gasteiger partial charge in [0.2, 0.25) is 10.0 Å². The molecule has 0 aromatic rings. The van der Waals surface area contributed by atoms with Crippen LogP contribution in [-0.2, 0) is 10.0 Å². The van der Waals surface area contributed by atoms with Gasteiger partial charge in [0.25, 0.3) is 0 Å². The van der Waals surface area contributed by atoms with Crippen molar-refractivity contribution in [1.82, 2.24) is 14.9 Å². The van der Waals surface area contributed by atoms with E-state index in [1.807, 2.05) is 0 Å². The van der Waals surface area contributed by atoms with Gasteiger partial charge in [-0.05, 0) is 18.3 Å². The number of likely N-dealkylation sites (tertiary alicyclic amines) is 1. The van der Waals surface area contributed by atoms with Crippen molar-refractivity contribution in [2.45, 2.75) is 26.7 Å². The van der Waals surface area contributed by atoms with Gasteiger partial charge in [-0.1, -0.05) is 13.8 Å². The SMILES string of the molecule is CCC1(C)CCN(C(=NC)NCCNS(C)(=O)=O)C1. The minimum Gasteiger partial charge on any atom is -0.355 e. The molecule has 0 amide bonds. The first-order chi connectivity index (χ1) is 8.79. The van der Waals surface area contributed by atoms with Crippen LogP contribution in [-0.4, -0.2) is 58.8 Å². The number of hydrogen-bond donors (Lipinski definition) is 2. The van der Waals surface area contributed by atoms with Gasteiger partial charge < -0.3 is 10.2 Å². The average molecular weight is 290 g/mol. The Labute approximate surface area is 116 Å². The first-order valence-corrected chi connectivity index (χ1v) is 8.59. The zero-order valence-corrected chi connectivity index (χ0v) is 13.2. The van der Waals surface area contributed by atoms with Gasteiger partial charge in [0.05, 0.1) is 6.26 Å². The summed E-state index contributed by atoms with van der Waals surface area (Å²) in [6.45, 7) is 7.43. The van der Waals surface area contributed by atoms with E-state index in [-0.39, 0.29) is 0 Å². The van der Waals surface area contributed by atoms with Crippen molar-refractivity contribution in [2.24, 2.45) is 10.4 Å². The molecule has 0 aromatic carbocycles. The third kappa shape index (κ3) is 5.36. The highest BCUT2D eigenvalue weighted by atomic mass is 32.2. The largest absolute Gasteiger partial charge is 0.355 e. The van der Waals surface area contributed by atoms with E-state index >= 15 is 0 Å². The van der Waals surface area contributed by atoms with Crippen LogP contribution in [0, 0.1) is 5.41 Å². The molecular weight excluding hydrogens is 264 g/mol. The molecule has 2 N–H and O–H groups in total. The second kappa shape index (κ2) is 6.56. The smallest absolute Gasteiger partial charge is 0.208 e. The van der Waals surface area contributed by atoms with Crippen molar-refractivity contribution in [3.8, 4) is 0 Å². The predicted octanol–water partition coefficient (Wildman–Crippen LogP) is 0.233. The van der Waals surface area contributed by atoms with E-state index in [9.17, 15) is 8.42 Å². The van der Waals surface area contributed by atoms with E-state index in [1.165, 1.54) is 6.42 Å². The van der Waals surface area contributed by atoms with Crippen LogP contribution in [0.4, 0.5) is 0 Å². The minimum absolute atomic E-state index is 0.364. The third-order valence-corrected chi connectivity index (χ3v) is 4.42. The number of aliphatic imine (C=N–C) groups is 1. The Morgan fingerprint density at radius 2 is 2.11 bits per heavy atom. The lowest BCUT2D eigenvalue weighted by atomic mass is 9.87. The molecule has 0 radical (unpaired) electrons. The molecule has 0 saturated carbocycles. The fraction of sp³-hybridized carbons (Fsp3) is 0.917. The molecule has 1 aliphatic heterocycles. The topological polar surface area (TPSA) is 73.8 Å². The van der Waals surface area contributed by atoms with Crippen LogP contribution in [0.3, 0.4) is 0 Å². The Bertz CT molecular complexity index is 421. The van der Waals surface area contributed by atoms with Crippen LogP contribution in [0.5, 0.6) is 0 Å². The summed E-state index contributed by atoms with van der Waals surface area (Å²) in [5.74, 6) is 0.854. The lowest BCUT2D eigenvalue weighted by Crippen LogP contribution is -2.43. The predicted molar refractivity (Wildman–Crippen MR) is 78.8 cm³/mol. The number of hydrogen-bond acceptors (Lipinski definition) is 3. The van der Waals surface area contributed by atoms with E-state index in [0.717, 1.165) is 31.7 Å². The fourth-order valence-corrected chi connectivity index (χ4v) is 2.71. The number of nitrogens with one attached hydrogen (secondary N) is 2. The van der Waals surface area contributed by atoms with Gasteiger partial charge in [0.15, 0.2) is 5.96 Å². The van der Waals surface area contributed by atoms with Crippen LogP contribution in [0.2, 0.25) is 0 Å². The lowest BCUT2D eigenvalue weighted by Gasteiger charge is -2.25. The van der Waals surface area contributed by atoms with E-state index in [1.54, 1.807) is 7.05 Å². The molecule has 0 aliphatic carbocycles. The van der Waals surface area contributed by atoms with Crippen LogP contribution in [0.15, 0.2) is 4.99 Å². The van der Waals surface area contributed by atoms with Gasteiger partial charge in [0.1, 0.15) is 0 Å². The van der Waals surface area contributed by atoms with Gasteiger partial charge in [-0.2, -0.15) is 0 Å². The maximum Gasteiger partial charge on any atom is 0.208 e. The standard InChI is InChI=1S/C12H26N4O2S/c1-5-12(2)6-9-16(10-12)11(13-3)14-7-8-15-19(4,17)18/h15H,5-10H2,1-4H3,(H,13,14). The van der Waals surface area contributed by atoms with Crippen molar-refractivity contribution in [3.63, 3.8) is 0 Å². The van der Waals surface area contributed by atoms with Gasteiger partial charge in [-0.3, -0.25) is 4.99 Å². The Morgan fingerprint density at radius 3 is 2.58 bits per heavy atom. The van der Waals surface area contributed by atoms with Crippen molar-refractivity contribution in [1.29, 1.82) is 0 Å². The molecular formula is C12H26N4O2S. The minimum atomic E-state index is -3.11. The first-order valence-electron chi connectivity index (χ1n) is 6.70. The molecule has 19 heavy (non-hydrogen) atoms. The molecule has 1 saturated heterocycles. The van der Waals surface area contributed by atoms with Crippen LogP contribution in [0.1, 0.15) is 26.7 Å². The van der Waals surface area contributed by atoms with Gasteiger partial charge >= 0.3 is 0 Å². The molecule has 0 bridgehead atoms. The second-order valence-corrected chi connectivity index (χ2v) is 7.31. The fourth-order valence-electron chi connectivity index (χ4n) is 2.24. The molecule has 0 aromatic heterocycles. The normalized spacial score (nSPS) is 24.8. The van der Waals surface area contributed by atoms with E-state index in [0.29, 0.717) is 18.5 Å². The highest BCUT2D eigenvalue weighted by Crippen LogP contribution is 2.32. The number of nitrogens with zero attached hydrogens (tertiary/aromatic N) is 2. The van der Waals surface area contributed by atoms with Crippen LogP contribution >= 0.6 is 0 Å². The van der Waals surface area contributed by atoms with E-state index < -0.39 is 10.0 Å². The molecule has 1 atom stereocenters. The summed E-state index contributed by atoms with van der Waals surface area (Å²) in [4.78, 5) is 6.50. The summed E-state index contributed by atoms with van der Waals surface area (Å²) in [5.41, 5.74) is 0.364. The molecule has 0 spiro atoms. The van der Waals surface area contributed by atoms with Gasteiger partial charge in [-0.25, -0.2) is 13.1 Å². The molecule has 1 aliphatic rings. The molecule has 7 heteroatoms. The zero-order valence-electron chi connectivity index (χ0n) is 12.4. The number of rotatable bonds is 5. The number of sulfonamides is 1. The molecule has 112 valence electrons. The maximum atomic E-state index is 10.9. The zero-order chi connectivity index (χ0) is 14.5. The summed E-state index contributed by atoms with van der Waals surface area (Å²) >= 11 is 0. The molecule has 1 fully saturated rings. The molecule has 1 rings (SSSR count). The summed E-state index contributed by atoms with van der Waals surface area (Å²) in [6.07, 6.45) is 3.50. The maximum absolute atomic E-state index is 10.9. The average Bonchev–Trinajstić information content (AvgIpc) is 2.71. The molecule has 6 nitrogen and oxygen atoms in total. The Hall–Kier alpha value is -0.820. The van der Waals surface area contributed by atoms with Crippen molar-refractivity contribution >= 4 is 16.0 Å². The second-order valence-electron chi connectivity index (χ2n) is 5.48. The quantitative estimate of drug-likeness (QED) is 0.432. The van der Waals surface area contributed by atoms with Gasteiger partial charge in [-0.15, -0.1) is 0 Å². The first kappa shape index (κ1) is 16.2. The summed E-state index contributed by atoms with van der Waals surface area (Å²) < 4.78 is 24.3. The number of guanidine groups is 1. The van der Waals surface area contributed by atoms with Gasteiger partial charge in [0, 0.05) is 33.2 Å².